The number of carbonyl (C=O) groups is 1. The number of anilines is 4. The van der Waals surface area contributed by atoms with Crippen molar-refractivity contribution in [1.82, 2.24) is 0 Å². The molecule has 0 saturated carbocycles. The molecule has 4 rings (SSSR count). The van der Waals surface area contributed by atoms with Gasteiger partial charge in [0.25, 0.3) is 0 Å². The Kier molecular flexibility index (Phi) is 7.06. The Bertz CT molecular complexity index is 1290. The van der Waals surface area contributed by atoms with Gasteiger partial charge in [0.05, 0.1) is 28.5 Å². The fourth-order valence-electron chi connectivity index (χ4n) is 3.60. The number of rotatable bonds is 6. The largest absolute Gasteiger partial charge is 0.397 e. The maximum absolute atomic E-state index is 13.5. The number of nitrogen functional groups attached to an aromatic ring is 1. The van der Waals surface area contributed by atoms with E-state index in [0.717, 1.165) is 11.4 Å². The van der Waals surface area contributed by atoms with E-state index in [1.165, 1.54) is 0 Å². The number of aliphatic imine (C=N–C) groups is 1. The zero-order valence-electron chi connectivity index (χ0n) is 18.8. The van der Waals surface area contributed by atoms with Crippen LogP contribution in [0.3, 0.4) is 0 Å². The molecule has 7 heteroatoms. The predicted molar refractivity (Wildman–Crippen MR) is 143 cm³/mol. The highest BCUT2D eigenvalue weighted by Crippen LogP contribution is 2.36. The van der Waals surface area contributed by atoms with Gasteiger partial charge in [-0.1, -0.05) is 35.3 Å². The number of para-hydroxylation sites is 2. The third kappa shape index (κ3) is 5.33. The van der Waals surface area contributed by atoms with Crippen LogP contribution < -0.4 is 16.0 Å². The molecule has 0 radical (unpaired) electrons. The van der Waals surface area contributed by atoms with Crippen LogP contribution in [-0.2, 0) is 4.79 Å². The summed E-state index contributed by atoms with van der Waals surface area (Å²) in [5.41, 5.74) is 10.8. The lowest BCUT2D eigenvalue weighted by Gasteiger charge is -2.30. The molecule has 0 aliphatic heterocycles. The van der Waals surface area contributed by atoms with Gasteiger partial charge in [-0.25, -0.2) is 0 Å². The summed E-state index contributed by atoms with van der Waals surface area (Å²) in [6, 6.07) is 22.0. The second kappa shape index (κ2) is 10.2. The van der Waals surface area contributed by atoms with Crippen LogP contribution in [0.5, 0.6) is 0 Å². The zero-order chi connectivity index (χ0) is 24.2. The molecule has 0 saturated heterocycles. The fraction of sp³-hybridized carbons (Fsp3) is 0.111. The van der Waals surface area contributed by atoms with Gasteiger partial charge in [-0.2, -0.15) is 0 Å². The second-order valence-electron chi connectivity index (χ2n) is 8.06. The Morgan fingerprint density at radius 2 is 1.50 bits per heavy atom. The van der Waals surface area contributed by atoms with Crippen LogP contribution in [0.4, 0.5) is 22.7 Å². The summed E-state index contributed by atoms with van der Waals surface area (Å²) < 4.78 is 0. The molecule has 5 nitrogen and oxygen atoms in total. The van der Waals surface area contributed by atoms with Crippen molar-refractivity contribution in [3.8, 4) is 0 Å². The number of allylic oxidation sites excluding steroid dienone is 2. The summed E-state index contributed by atoms with van der Waals surface area (Å²) in [5.74, 6) is -0.183. The quantitative estimate of drug-likeness (QED) is 0.287. The first kappa shape index (κ1) is 23.6. The molecule has 0 bridgehead atoms. The number of hydrogen-bond acceptors (Lipinski definition) is 5. The van der Waals surface area contributed by atoms with Crippen LogP contribution in [0, 0.1) is 0 Å². The van der Waals surface area contributed by atoms with E-state index in [1.54, 1.807) is 42.5 Å². The van der Waals surface area contributed by atoms with Gasteiger partial charge in [-0.3, -0.25) is 9.79 Å². The van der Waals surface area contributed by atoms with Crippen molar-refractivity contribution in [2.45, 2.75) is 19.9 Å². The smallest absolute Gasteiger partial charge is 0.204 e. The minimum absolute atomic E-state index is 0.0156. The van der Waals surface area contributed by atoms with Crippen molar-refractivity contribution in [3.05, 3.63) is 106 Å². The lowest BCUT2D eigenvalue weighted by molar-refractivity contribution is -0.111. The predicted octanol–water partition coefficient (Wildman–Crippen LogP) is 7.03. The average molecular weight is 491 g/mol. The molecule has 3 N–H and O–H groups in total. The van der Waals surface area contributed by atoms with Crippen LogP contribution >= 0.6 is 23.2 Å². The summed E-state index contributed by atoms with van der Waals surface area (Å²) >= 11 is 12.1. The van der Waals surface area contributed by atoms with Crippen LogP contribution in [0.15, 0.2) is 101 Å². The second-order valence-corrected chi connectivity index (χ2v) is 8.94. The number of nitrogens with zero attached hydrogens (tertiary/aromatic N) is 2. The van der Waals surface area contributed by atoms with Crippen LogP contribution in [0.2, 0.25) is 10.0 Å². The number of benzene rings is 3. The normalized spacial score (nSPS) is 14.7. The SMILES string of the molecule is CC(C)N=C1C=C(N(c2ccc(Cl)cc2)c2ccccc2N)C(=O)C=C1Nc1ccc(Cl)cc1. The molecule has 3 aromatic carbocycles. The van der Waals surface area contributed by atoms with E-state index in [4.69, 9.17) is 33.9 Å². The van der Waals surface area contributed by atoms with E-state index >= 15 is 0 Å². The Labute approximate surface area is 209 Å². The van der Waals surface area contributed by atoms with Crippen molar-refractivity contribution in [1.29, 1.82) is 0 Å². The molecule has 172 valence electrons. The summed E-state index contributed by atoms with van der Waals surface area (Å²) in [5, 5.41) is 4.54. The number of carbonyl (C=O) groups excluding carboxylic acids is 1. The van der Waals surface area contributed by atoms with Crippen molar-refractivity contribution in [2.75, 3.05) is 16.0 Å². The average Bonchev–Trinajstić information content (AvgIpc) is 2.80. The monoisotopic (exact) mass is 490 g/mol. The summed E-state index contributed by atoms with van der Waals surface area (Å²) in [6.45, 7) is 3.98. The third-order valence-corrected chi connectivity index (χ3v) is 5.61. The molecule has 0 heterocycles. The van der Waals surface area contributed by atoms with E-state index in [-0.39, 0.29) is 11.8 Å². The number of nitrogens with two attached hydrogens (primary N) is 1. The van der Waals surface area contributed by atoms with Gasteiger partial charge in [0, 0.05) is 33.5 Å². The van der Waals surface area contributed by atoms with Crippen molar-refractivity contribution in [2.24, 2.45) is 4.99 Å². The number of nitrogens with one attached hydrogen (secondary N) is 1. The fourth-order valence-corrected chi connectivity index (χ4v) is 3.85. The van der Waals surface area contributed by atoms with Gasteiger partial charge >= 0.3 is 0 Å². The van der Waals surface area contributed by atoms with E-state index in [9.17, 15) is 4.79 Å². The molecular formula is C27H24Cl2N4O. The van der Waals surface area contributed by atoms with Crippen molar-refractivity contribution >= 4 is 57.4 Å². The molecule has 0 spiro atoms. The minimum atomic E-state index is -0.183. The van der Waals surface area contributed by atoms with Crippen molar-refractivity contribution < 1.29 is 4.79 Å². The summed E-state index contributed by atoms with van der Waals surface area (Å²) in [4.78, 5) is 20.1. The minimum Gasteiger partial charge on any atom is -0.397 e. The van der Waals surface area contributed by atoms with E-state index in [1.807, 2.05) is 61.2 Å². The molecule has 0 amide bonds. The lowest BCUT2D eigenvalue weighted by atomic mass is 10.0. The maximum Gasteiger partial charge on any atom is 0.204 e. The highest BCUT2D eigenvalue weighted by molar-refractivity contribution is 6.31. The molecule has 1 aliphatic rings. The molecular weight excluding hydrogens is 467 g/mol. The van der Waals surface area contributed by atoms with Crippen LogP contribution in [0.1, 0.15) is 13.8 Å². The highest BCUT2D eigenvalue weighted by atomic mass is 35.5. The summed E-state index contributed by atoms with van der Waals surface area (Å²) in [7, 11) is 0. The molecule has 0 fully saturated rings. The summed E-state index contributed by atoms with van der Waals surface area (Å²) in [6.07, 6.45) is 3.36. The number of halogens is 2. The first-order valence-electron chi connectivity index (χ1n) is 10.8. The Morgan fingerprint density at radius 1 is 0.882 bits per heavy atom. The number of hydrogen-bond donors (Lipinski definition) is 2. The van der Waals surface area contributed by atoms with Gasteiger partial charge in [0.15, 0.2) is 0 Å². The molecule has 0 atom stereocenters. The standard InChI is InChI=1S/C27H24Cl2N4O/c1-17(2)31-23-15-26(27(34)16-24(23)32-20-11-7-18(28)8-12-20)33(21-13-9-19(29)10-14-21)25-6-4-3-5-22(25)30/h3-17,32H,30H2,1-2H3. The van der Waals surface area contributed by atoms with Crippen molar-refractivity contribution in [3.63, 3.8) is 0 Å². The molecule has 0 unspecified atom stereocenters. The first-order chi connectivity index (χ1) is 16.3. The van der Waals surface area contributed by atoms with Gasteiger partial charge in [-0.05, 0) is 80.6 Å². The maximum atomic E-state index is 13.5. The van der Waals surface area contributed by atoms with Gasteiger partial charge in [0.2, 0.25) is 5.78 Å². The van der Waals surface area contributed by atoms with Gasteiger partial charge in [0.1, 0.15) is 0 Å². The molecule has 1 aliphatic carbocycles. The van der Waals surface area contributed by atoms with Crippen LogP contribution in [-0.4, -0.2) is 17.5 Å². The van der Waals surface area contributed by atoms with Gasteiger partial charge < -0.3 is 16.0 Å². The third-order valence-electron chi connectivity index (χ3n) is 5.10. The first-order valence-corrected chi connectivity index (χ1v) is 11.6. The Balaban J connectivity index is 1.81. The highest BCUT2D eigenvalue weighted by Gasteiger charge is 2.27. The lowest BCUT2D eigenvalue weighted by Crippen LogP contribution is -2.29. The van der Waals surface area contributed by atoms with E-state index in [2.05, 4.69) is 5.32 Å². The Morgan fingerprint density at radius 3 is 2.12 bits per heavy atom. The Hall–Kier alpha value is -3.54. The van der Waals surface area contributed by atoms with E-state index < -0.39 is 0 Å². The van der Waals surface area contributed by atoms with Crippen LogP contribution in [0.25, 0.3) is 0 Å². The molecule has 0 aromatic heterocycles. The molecule has 3 aromatic rings. The topological polar surface area (TPSA) is 70.7 Å². The number of ketones is 1. The van der Waals surface area contributed by atoms with Gasteiger partial charge in [-0.15, -0.1) is 0 Å². The van der Waals surface area contributed by atoms with E-state index in [0.29, 0.717) is 38.5 Å². The zero-order valence-corrected chi connectivity index (χ0v) is 20.3. The molecule has 34 heavy (non-hydrogen) atoms.